The zero-order valence-corrected chi connectivity index (χ0v) is 17.4. The highest BCUT2D eigenvalue weighted by atomic mass is 19.4. The Bertz CT molecular complexity index is 1200. The molecule has 0 unspecified atom stereocenters. The molecule has 0 radical (unpaired) electrons. The Morgan fingerprint density at radius 1 is 1.03 bits per heavy atom. The number of aromatic nitrogens is 2. The molecule has 0 atom stereocenters. The van der Waals surface area contributed by atoms with Gasteiger partial charge in [-0.15, -0.1) is 0 Å². The number of halogens is 3. The molecule has 2 aromatic carbocycles. The first-order chi connectivity index (χ1) is 15.2. The molecular formula is C24H21F3N2O3. The molecule has 0 bridgehead atoms. The normalized spacial score (nSPS) is 13.5. The molecule has 166 valence electrons. The molecule has 0 N–H and O–H groups in total. The summed E-state index contributed by atoms with van der Waals surface area (Å²) < 4.78 is 45.6. The molecule has 0 aliphatic carbocycles. The van der Waals surface area contributed by atoms with Crippen LogP contribution in [0.25, 0.3) is 0 Å². The predicted molar refractivity (Wildman–Crippen MR) is 112 cm³/mol. The Morgan fingerprint density at radius 2 is 1.66 bits per heavy atom. The molecular weight excluding hydrogens is 421 g/mol. The molecule has 1 aromatic heterocycles. The van der Waals surface area contributed by atoms with Crippen LogP contribution in [-0.2, 0) is 25.7 Å². The number of nitrogens with zero attached hydrogens (tertiary/aromatic N) is 2. The average Bonchev–Trinajstić information content (AvgIpc) is 2.80. The third-order valence-corrected chi connectivity index (χ3v) is 5.53. The van der Waals surface area contributed by atoms with Crippen molar-refractivity contribution in [2.45, 2.75) is 45.5 Å². The highest BCUT2D eigenvalue weighted by Gasteiger charge is 2.30. The number of fused-ring (bicyclic) bond motifs is 1. The fraction of sp³-hybridized carbons (Fsp3) is 0.292. The van der Waals surface area contributed by atoms with E-state index in [0.29, 0.717) is 23.6 Å². The van der Waals surface area contributed by atoms with Crippen LogP contribution in [0.3, 0.4) is 0 Å². The first kappa shape index (κ1) is 21.8. The van der Waals surface area contributed by atoms with E-state index in [1.807, 2.05) is 0 Å². The van der Waals surface area contributed by atoms with E-state index in [-0.39, 0.29) is 23.5 Å². The van der Waals surface area contributed by atoms with Gasteiger partial charge in [-0.05, 0) is 37.5 Å². The lowest BCUT2D eigenvalue weighted by molar-refractivity contribution is -0.137. The fourth-order valence-corrected chi connectivity index (χ4v) is 3.67. The SMILES string of the molecule is Cc1c(OCc2ccc(C(=O)c3ccc(C(F)(F)F)cc3)cc2)nc2n(c1=O)CCCC2. The molecule has 1 aliphatic rings. The highest BCUT2D eigenvalue weighted by Crippen LogP contribution is 2.29. The van der Waals surface area contributed by atoms with Gasteiger partial charge in [-0.3, -0.25) is 14.2 Å². The van der Waals surface area contributed by atoms with E-state index < -0.39 is 11.7 Å². The lowest BCUT2D eigenvalue weighted by Crippen LogP contribution is -2.30. The number of hydrogen-bond acceptors (Lipinski definition) is 4. The number of carbonyl (C=O) groups excluding carboxylic acids is 1. The van der Waals surface area contributed by atoms with Crippen LogP contribution in [0.15, 0.2) is 53.3 Å². The quantitative estimate of drug-likeness (QED) is 0.537. The van der Waals surface area contributed by atoms with Crippen molar-refractivity contribution in [3.05, 3.63) is 92.5 Å². The van der Waals surface area contributed by atoms with Gasteiger partial charge in [0.15, 0.2) is 5.78 Å². The minimum absolute atomic E-state index is 0.0813. The highest BCUT2D eigenvalue weighted by molar-refractivity contribution is 6.09. The molecule has 4 rings (SSSR count). The molecule has 1 aliphatic heterocycles. The summed E-state index contributed by atoms with van der Waals surface area (Å²) in [5.41, 5.74) is 0.887. The van der Waals surface area contributed by atoms with Gasteiger partial charge in [0, 0.05) is 24.1 Å². The summed E-state index contributed by atoms with van der Waals surface area (Å²) in [7, 11) is 0. The van der Waals surface area contributed by atoms with Crippen LogP contribution in [0.5, 0.6) is 5.88 Å². The van der Waals surface area contributed by atoms with Crippen molar-refractivity contribution in [1.29, 1.82) is 0 Å². The summed E-state index contributed by atoms with van der Waals surface area (Å²) >= 11 is 0. The third-order valence-electron chi connectivity index (χ3n) is 5.53. The Labute approximate surface area is 182 Å². The second kappa shape index (κ2) is 8.61. The van der Waals surface area contributed by atoms with Gasteiger partial charge in [0.25, 0.3) is 5.56 Å². The number of aryl methyl sites for hydroxylation is 1. The van der Waals surface area contributed by atoms with Crippen molar-refractivity contribution in [1.82, 2.24) is 9.55 Å². The van der Waals surface area contributed by atoms with Gasteiger partial charge in [-0.1, -0.05) is 36.4 Å². The molecule has 0 saturated heterocycles. The van der Waals surface area contributed by atoms with Crippen molar-refractivity contribution in [3.8, 4) is 5.88 Å². The fourth-order valence-electron chi connectivity index (χ4n) is 3.67. The van der Waals surface area contributed by atoms with Crippen LogP contribution in [0, 0.1) is 6.92 Å². The van der Waals surface area contributed by atoms with Crippen LogP contribution in [0.1, 0.15) is 51.3 Å². The van der Waals surface area contributed by atoms with Gasteiger partial charge in [0.2, 0.25) is 5.88 Å². The van der Waals surface area contributed by atoms with E-state index in [1.165, 1.54) is 12.1 Å². The van der Waals surface area contributed by atoms with Crippen LogP contribution in [0.2, 0.25) is 0 Å². The molecule has 5 nitrogen and oxygen atoms in total. The number of carbonyl (C=O) groups is 1. The van der Waals surface area contributed by atoms with Crippen LogP contribution in [0.4, 0.5) is 13.2 Å². The lowest BCUT2D eigenvalue weighted by atomic mass is 10.0. The summed E-state index contributed by atoms with van der Waals surface area (Å²) in [6, 6.07) is 10.7. The summed E-state index contributed by atoms with van der Waals surface area (Å²) in [6.45, 7) is 2.54. The second-order valence-corrected chi connectivity index (χ2v) is 7.76. The number of rotatable bonds is 5. The van der Waals surface area contributed by atoms with Crippen LogP contribution >= 0.6 is 0 Å². The van der Waals surface area contributed by atoms with Crippen molar-refractivity contribution < 1.29 is 22.7 Å². The zero-order chi connectivity index (χ0) is 22.9. The minimum Gasteiger partial charge on any atom is -0.472 e. The smallest absolute Gasteiger partial charge is 0.416 e. The molecule has 0 spiro atoms. The number of benzene rings is 2. The van der Waals surface area contributed by atoms with E-state index in [1.54, 1.807) is 35.8 Å². The first-order valence-electron chi connectivity index (χ1n) is 10.3. The van der Waals surface area contributed by atoms with Crippen molar-refractivity contribution in [2.75, 3.05) is 0 Å². The maximum absolute atomic E-state index is 12.7. The van der Waals surface area contributed by atoms with Gasteiger partial charge in [0.05, 0.1) is 11.1 Å². The van der Waals surface area contributed by atoms with Crippen LogP contribution in [-0.4, -0.2) is 15.3 Å². The second-order valence-electron chi connectivity index (χ2n) is 7.76. The molecule has 3 aromatic rings. The number of ether oxygens (including phenoxy) is 1. The molecule has 32 heavy (non-hydrogen) atoms. The monoisotopic (exact) mass is 442 g/mol. The zero-order valence-electron chi connectivity index (χ0n) is 17.4. The maximum Gasteiger partial charge on any atom is 0.416 e. The van der Waals surface area contributed by atoms with Gasteiger partial charge >= 0.3 is 6.18 Å². The summed E-state index contributed by atoms with van der Waals surface area (Å²) in [6.07, 6.45) is -1.75. The van der Waals surface area contributed by atoms with E-state index in [4.69, 9.17) is 4.74 Å². The molecule has 2 heterocycles. The standard InChI is InChI=1S/C24H21F3N2O3/c1-15-22(28-20-4-2-3-13-29(20)23(15)31)32-14-16-5-7-17(8-6-16)21(30)18-9-11-19(12-10-18)24(25,26)27/h5-12H,2-4,13-14H2,1H3. The predicted octanol–water partition coefficient (Wildman–Crippen LogP) is 4.72. The van der Waals surface area contributed by atoms with Crippen molar-refractivity contribution >= 4 is 5.78 Å². The third kappa shape index (κ3) is 4.44. The molecule has 0 fully saturated rings. The number of alkyl halides is 3. The van der Waals surface area contributed by atoms with Gasteiger partial charge in [0.1, 0.15) is 12.4 Å². The molecule has 0 amide bonds. The van der Waals surface area contributed by atoms with Gasteiger partial charge < -0.3 is 4.74 Å². The lowest BCUT2D eigenvalue weighted by Gasteiger charge is -2.19. The minimum atomic E-state index is -4.44. The summed E-state index contributed by atoms with van der Waals surface area (Å²) in [5.74, 6) is 0.679. The van der Waals surface area contributed by atoms with E-state index in [2.05, 4.69) is 4.98 Å². The Hall–Kier alpha value is -3.42. The van der Waals surface area contributed by atoms with Crippen LogP contribution < -0.4 is 10.3 Å². The maximum atomic E-state index is 12.7. The Kier molecular flexibility index (Phi) is 5.86. The van der Waals surface area contributed by atoms with Gasteiger partial charge in [-0.25, -0.2) is 0 Å². The van der Waals surface area contributed by atoms with Crippen molar-refractivity contribution in [3.63, 3.8) is 0 Å². The number of hydrogen-bond donors (Lipinski definition) is 0. The topological polar surface area (TPSA) is 61.2 Å². The Morgan fingerprint density at radius 3 is 2.28 bits per heavy atom. The van der Waals surface area contributed by atoms with E-state index >= 15 is 0 Å². The van der Waals surface area contributed by atoms with Gasteiger partial charge in [-0.2, -0.15) is 18.2 Å². The number of ketones is 1. The molecule has 8 heteroatoms. The van der Waals surface area contributed by atoms with E-state index in [0.717, 1.165) is 42.8 Å². The summed E-state index contributed by atoms with van der Waals surface area (Å²) in [4.78, 5) is 29.6. The average molecular weight is 442 g/mol. The van der Waals surface area contributed by atoms with E-state index in [9.17, 15) is 22.8 Å². The first-order valence-corrected chi connectivity index (χ1v) is 10.3. The van der Waals surface area contributed by atoms with Crippen molar-refractivity contribution in [2.24, 2.45) is 0 Å². The Balaban J connectivity index is 1.45. The largest absolute Gasteiger partial charge is 0.472 e. The summed E-state index contributed by atoms with van der Waals surface area (Å²) in [5, 5.41) is 0. The molecule has 0 saturated carbocycles.